The highest BCUT2D eigenvalue weighted by molar-refractivity contribution is 6.38. The summed E-state index contributed by atoms with van der Waals surface area (Å²) in [5, 5.41) is 20.2. The van der Waals surface area contributed by atoms with E-state index < -0.39 is 96.2 Å². The molecule has 17 heteroatoms. The van der Waals surface area contributed by atoms with Crippen molar-refractivity contribution in [3.8, 4) is 5.75 Å². The number of phenols is 1. The van der Waals surface area contributed by atoms with Crippen molar-refractivity contribution in [1.82, 2.24) is 26.2 Å². The number of primary amides is 1. The van der Waals surface area contributed by atoms with Crippen molar-refractivity contribution in [3.05, 3.63) is 29.8 Å². The molecule has 3 unspecified atom stereocenters. The van der Waals surface area contributed by atoms with Crippen LogP contribution in [0, 0.1) is 5.92 Å². The Balaban J connectivity index is 1.82. The van der Waals surface area contributed by atoms with Gasteiger partial charge in [0.05, 0.1) is 25.1 Å². The molecule has 2 fully saturated rings. The summed E-state index contributed by atoms with van der Waals surface area (Å²) in [4.78, 5) is 107. The van der Waals surface area contributed by atoms with E-state index in [1.807, 2.05) is 6.92 Å². The van der Waals surface area contributed by atoms with Crippen molar-refractivity contribution in [1.29, 1.82) is 0 Å². The molecule has 0 radical (unpaired) electrons. The predicted molar refractivity (Wildman–Crippen MR) is 212 cm³/mol. The summed E-state index contributed by atoms with van der Waals surface area (Å²) in [5.74, 6) is -6.23. The number of carbonyl (C=O) groups is 8. The van der Waals surface area contributed by atoms with Crippen LogP contribution in [-0.2, 0) is 54.3 Å². The lowest BCUT2D eigenvalue weighted by Crippen LogP contribution is -2.58. The minimum Gasteiger partial charge on any atom is -0.508 e. The molecular formula is C41H62N6O11. The number of nitrogens with two attached hydrogens (primary N) is 1. The Morgan fingerprint density at radius 1 is 0.914 bits per heavy atom. The van der Waals surface area contributed by atoms with E-state index >= 15 is 0 Å². The summed E-state index contributed by atoms with van der Waals surface area (Å²) >= 11 is 0. The van der Waals surface area contributed by atoms with Crippen LogP contribution in [0.4, 0.5) is 0 Å². The van der Waals surface area contributed by atoms with Crippen LogP contribution in [0.5, 0.6) is 5.75 Å². The maximum Gasteiger partial charge on any atom is 0.332 e. The topological polar surface area (TPSA) is 253 Å². The van der Waals surface area contributed by atoms with Gasteiger partial charge in [0.1, 0.15) is 36.1 Å². The van der Waals surface area contributed by atoms with Crippen LogP contribution in [0.2, 0.25) is 0 Å². The summed E-state index contributed by atoms with van der Waals surface area (Å²) in [6.07, 6.45) is 5.17. The number of nitrogens with zero attached hydrogens (tertiary/aromatic N) is 1. The number of unbranched alkanes of at least 4 members (excludes halogenated alkanes) is 1. The van der Waals surface area contributed by atoms with Crippen LogP contribution in [0.3, 0.4) is 0 Å². The van der Waals surface area contributed by atoms with E-state index in [1.54, 1.807) is 39.8 Å². The number of phenolic OH excluding ortho intramolecular Hbond substituents is 1. The molecule has 1 aliphatic heterocycles. The zero-order valence-electron chi connectivity index (χ0n) is 34.4. The second-order valence-electron chi connectivity index (χ2n) is 16.1. The Labute approximate surface area is 340 Å². The van der Waals surface area contributed by atoms with E-state index in [2.05, 4.69) is 21.3 Å². The fourth-order valence-electron chi connectivity index (χ4n) is 7.24. The first-order valence-corrected chi connectivity index (χ1v) is 20.3. The number of hydrogen-bond donors (Lipinski definition) is 6. The number of hydrogen-bond acceptors (Lipinski definition) is 11. The molecular weight excluding hydrogens is 752 g/mol. The van der Waals surface area contributed by atoms with Crippen LogP contribution >= 0.6 is 0 Å². The molecule has 1 aromatic rings. The Hall–Kier alpha value is -5.06. The Morgan fingerprint density at radius 3 is 2.24 bits per heavy atom. The number of Topliss-reactive ketones (excluding diaryl/α,β-unsaturated/α-hetero) is 1. The highest BCUT2D eigenvalue weighted by Crippen LogP contribution is 2.30. The van der Waals surface area contributed by atoms with Crippen molar-refractivity contribution in [3.63, 3.8) is 0 Å². The van der Waals surface area contributed by atoms with Crippen LogP contribution in [0.1, 0.15) is 111 Å². The van der Waals surface area contributed by atoms with Crippen LogP contribution in [0.15, 0.2) is 24.3 Å². The first kappa shape index (κ1) is 47.3. The van der Waals surface area contributed by atoms with Gasteiger partial charge in [-0.2, -0.15) is 0 Å². The highest BCUT2D eigenvalue weighted by atomic mass is 16.6. The minimum atomic E-state index is -1.32. The highest BCUT2D eigenvalue weighted by Gasteiger charge is 2.45. The van der Waals surface area contributed by atoms with Crippen LogP contribution < -0.4 is 27.0 Å². The Bertz CT molecular complexity index is 1620. The molecule has 1 aliphatic carbocycles. The molecule has 0 aromatic heterocycles. The van der Waals surface area contributed by atoms with Crippen LogP contribution in [0.25, 0.3) is 0 Å². The number of carbonyl (C=O) groups excluding carboxylic acids is 8. The van der Waals surface area contributed by atoms with Gasteiger partial charge in [-0.3, -0.25) is 33.6 Å². The van der Waals surface area contributed by atoms with Gasteiger partial charge in [-0.1, -0.05) is 64.5 Å². The average Bonchev–Trinajstić information content (AvgIpc) is 3.60. The minimum absolute atomic E-state index is 0.00691. The molecule has 1 saturated carbocycles. The SMILES string of the molecule is CCCCC(NC(=O)CNC(=O)C(=O)C(CCC)NC(=O)[C@@H]1C[C@@H](OCC(=O)OC(C)(C)C)CN1C(=O)C(NC(=O)Cc1cccc(O)c1)C1CCCCC1)C(N)=O. The molecule has 1 heterocycles. The third kappa shape index (κ3) is 15.4. The van der Waals surface area contributed by atoms with Gasteiger partial charge in [0, 0.05) is 13.0 Å². The van der Waals surface area contributed by atoms with Crippen LogP contribution in [-0.4, -0.2) is 113 Å². The lowest BCUT2D eigenvalue weighted by atomic mass is 9.83. The maximum atomic E-state index is 14.6. The van der Waals surface area contributed by atoms with Crippen molar-refractivity contribution >= 4 is 47.2 Å². The number of nitrogens with one attached hydrogen (secondary N) is 4. The summed E-state index contributed by atoms with van der Waals surface area (Å²) in [7, 11) is 0. The normalized spacial score (nSPS) is 18.6. The molecule has 3 rings (SSSR count). The smallest absolute Gasteiger partial charge is 0.332 e. The summed E-state index contributed by atoms with van der Waals surface area (Å²) in [5.41, 5.74) is 5.15. The second kappa shape index (κ2) is 22.8. The largest absolute Gasteiger partial charge is 0.508 e. The van der Waals surface area contributed by atoms with E-state index in [0.29, 0.717) is 37.7 Å². The quantitative estimate of drug-likeness (QED) is 0.0766. The molecule has 17 nitrogen and oxygen atoms in total. The molecule has 1 aromatic carbocycles. The first-order valence-electron chi connectivity index (χ1n) is 20.3. The van der Waals surface area contributed by atoms with E-state index in [9.17, 15) is 43.5 Å². The number of aromatic hydroxyl groups is 1. The van der Waals surface area contributed by atoms with E-state index in [1.165, 1.54) is 17.0 Å². The molecule has 6 amide bonds. The van der Waals surface area contributed by atoms with Gasteiger partial charge < -0.3 is 46.5 Å². The zero-order valence-corrected chi connectivity index (χ0v) is 34.4. The monoisotopic (exact) mass is 814 g/mol. The maximum absolute atomic E-state index is 14.6. The van der Waals surface area contributed by atoms with Gasteiger partial charge >= 0.3 is 5.97 Å². The van der Waals surface area contributed by atoms with Gasteiger partial charge in [-0.25, -0.2) is 4.79 Å². The van der Waals surface area contributed by atoms with Crippen molar-refractivity contribution in [2.45, 2.75) is 148 Å². The van der Waals surface area contributed by atoms with Gasteiger partial charge in [-0.05, 0) is 70.1 Å². The van der Waals surface area contributed by atoms with Crippen molar-refractivity contribution in [2.75, 3.05) is 19.7 Å². The fourth-order valence-corrected chi connectivity index (χ4v) is 7.24. The summed E-state index contributed by atoms with van der Waals surface area (Å²) in [6, 6.07) is 1.76. The molecule has 5 atom stereocenters. The number of esters is 1. The lowest BCUT2D eigenvalue weighted by Gasteiger charge is -2.35. The van der Waals surface area contributed by atoms with E-state index in [4.69, 9.17) is 15.2 Å². The van der Waals surface area contributed by atoms with Crippen molar-refractivity contribution in [2.24, 2.45) is 11.7 Å². The standard InChI is InChI=1S/C41H62N6O11/c1-6-8-18-30(37(42)53)44-33(50)22-43-39(55)36(52)29(13-7-2)45-38(54)31-21-28(57-24-34(51)58-41(3,4)5)23-47(31)40(56)35(26-15-10-9-11-16-26)46-32(49)20-25-14-12-17-27(48)19-25/h12,14,17,19,26,28-31,35,48H,6-11,13,15-16,18,20-24H2,1-5H3,(H2,42,53)(H,43,55)(H,44,50)(H,45,54)(H,46,49)/t28-,29?,30?,31+,35?/m1/s1. The number of ketones is 1. The number of amides is 6. The van der Waals surface area contributed by atoms with Gasteiger partial charge in [0.2, 0.25) is 35.3 Å². The van der Waals surface area contributed by atoms with Gasteiger partial charge in [0.15, 0.2) is 0 Å². The molecule has 0 spiro atoms. The van der Waals surface area contributed by atoms with E-state index in [-0.39, 0.29) is 37.5 Å². The van der Waals surface area contributed by atoms with Gasteiger partial charge in [-0.15, -0.1) is 0 Å². The fraction of sp³-hybridized carbons (Fsp3) is 0.659. The third-order valence-electron chi connectivity index (χ3n) is 10.1. The predicted octanol–water partition coefficient (Wildman–Crippen LogP) is 1.46. The number of likely N-dealkylation sites (tertiary alicyclic amines) is 1. The molecule has 58 heavy (non-hydrogen) atoms. The average molecular weight is 815 g/mol. The number of benzene rings is 1. The summed E-state index contributed by atoms with van der Waals surface area (Å²) in [6.45, 7) is 7.60. The zero-order chi connectivity index (χ0) is 43.0. The molecule has 322 valence electrons. The third-order valence-corrected chi connectivity index (χ3v) is 10.1. The first-order chi connectivity index (χ1) is 27.4. The molecule has 1 saturated heterocycles. The Morgan fingerprint density at radius 2 is 1.62 bits per heavy atom. The molecule has 0 bridgehead atoms. The Kier molecular flexibility index (Phi) is 18.6. The summed E-state index contributed by atoms with van der Waals surface area (Å²) < 4.78 is 11.2. The van der Waals surface area contributed by atoms with Gasteiger partial charge in [0.25, 0.3) is 5.91 Å². The van der Waals surface area contributed by atoms with Crippen molar-refractivity contribution < 1.29 is 52.9 Å². The number of ether oxygens (including phenoxy) is 2. The second-order valence-corrected chi connectivity index (χ2v) is 16.1. The van der Waals surface area contributed by atoms with E-state index in [0.717, 1.165) is 25.7 Å². The number of rotatable bonds is 21. The molecule has 2 aliphatic rings. The molecule has 7 N–H and O–H groups in total. The lowest BCUT2D eigenvalue weighted by molar-refractivity contribution is -0.162.